The summed E-state index contributed by atoms with van der Waals surface area (Å²) in [5, 5.41) is 5.94. The Morgan fingerprint density at radius 2 is 2.27 bits per heavy atom. The van der Waals surface area contributed by atoms with Crippen LogP contribution in [0.4, 0.5) is 0 Å². The molecule has 0 radical (unpaired) electrons. The second kappa shape index (κ2) is 4.61. The number of piperazine rings is 1. The Kier molecular flexibility index (Phi) is 3.20. The number of nitrogens with zero attached hydrogens (tertiary/aromatic N) is 1. The van der Waals surface area contributed by atoms with Gasteiger partial charge in [0.1, 0.15) is 0 Å². The molecule has 0 aliphatic carbocycles. The third-order valence-corrected chi connectivity index (χ3v) is 3.00. The van der Waals surface area contributed by atoms with Crippen molar-refractivity contribution < 1.29 is 9.59 Å². The van der Waals surface area contributed by atoms with Crippen LogP contribution in [-0.4, -0.2) is 49.4 Å². The number of carbonyl (C=O) groups is 2. The second-order valence-corrected chi connectivity index (χ2v) is 4.15. The molecule has 15 heavy (non-hydrogen) atoms. The third kappa shape index (κ3) is 2.47. The molecule has 2 heterocycles. The van der Waals surface area contributed by atoms with Crippen LogP contribution in [0.2, 0.25) is 0 Å². The molecule has 2 rings (SSSR count). The van der Waals surface area contributed by atoms with Crippen molar-refractivity contribution >= 4 is 11.8 Å². The number of hydrogen-bond donors (Lipinski definition) is 2. The molecule has 0 spiro atoms. The van der Waals surface area contributed by atoms with Crippen LogP contribution < -0.4 is 10.6 Å². The predicted molar refractivity (Wildman–Crippen MR) is 55.2 cm³/mol. The van der Waals surface area contributed by atoms with E-state index in [1.165, 1.54) is 0 Å². The zero-order valence-electron chi connectivity index (χ0n) is 8.79. The molecule has 1 atom stereocenters. The zero-order chi connectivity index (χ0) is 10.7. The van der Waals surface area contributed by atoms with E-state index in [9.17, 15) is 9.59 Å². The molecule has 2 saturated heterocycles. The van der Waals surface area contributed by atoms with Crippen molar-refractivity contribution in [1.29, 1.82) is 0 Å². The lowest BCUT2D eigenvalue weighted by Gasteiger charge is -2.31. The fourth-order valence-corrected chi connectivity index (χ4v) is 2.15. The molecule has 0 aromatic carbocycles. The smallest absolute Gasteiger partial charge is 0.239 e. The molecule has 5 nitrogen and oxygen atoms in total. The minimum Gasteiger partial charge on any atom is -0.353 e. The van der Waals surface area contributed by atoms with Crippen molar-refractivity contribution in [2.45, 2.75) is 12.8 Å². The fourth-order valence-electron chi connectivity index (χ4n) is 2.15. The summed E-state index contributed by atoms with van der Waals surface area (Å²) in [6.07, 6.45) is 2.00. The Balaban J connectivity index is 1.90. The highest BCUT2D eigenvalue weighted by atomic mass is 16.2. The molecule has 0 aromatic heterocycles. The van der Waals surface area contributed by atoms with E-state index >= 15 is 0 Å². The highest BCUT2D eigenvalue weighted by molar-refractivity contribution is 5.87. The summed E-state index contributed by atoms with van der Waals surface area (Å²) in [6, 6.07) is 0. The number of piperidine rings is 1. The van der Waals surface area contributed by atoms with Crippen molar-refractivity contribution in [3.8, 4) is 0 Å². The van der Waals surface area contributed by atoms with Crippen LogP contribution in [0, 0.1) is 5.92 Å². The van der Waals surface area contributed by atoms with Crippen molar-refractivity contribution in [3.63, 3.8) is 0 Å². The monoisotopic (exact) mass is 211 g/mol. The summed E-state index contributed by atoms with van der Waals surface area (Å²) in [7, 11) is 0. The van der Waals surface area contributed by atoms with E-state index in [4.69, 9.17) is 0 Å². The van der Waals surface area contributed by atoms with E-state index in [2.05, 4.69) is 10.6 Å². The summed E-state index contributed by atoms with van der Waals surface area (Å²) >= 11 is 0. The van der Waals surface area contributed by atoms with Gasteiger partial charge in [-0.2, -0.15) is 0 Å². The molecule has 2 aliphatic heterocycles. The van der Waals surface area contributed by atoms with Crippen LogP contribution >= 0.6 is 0 Å². The lowest BCUT2D eigenvalue weighted by molar-refractivity contribution is -0.141. The Labute approximate surface area is 89.2 Å². The third-order valence-electron chi connectivity index (χ3n) is 3.00. The van der Waals surface area contributed by atoms with Gasteiger partial charge in [-0.3, -0.25) is 9.59 Å². The van der Waals surface area contributed by atoms with Crippen LogP contribution in [0.3, 0.4) is 0 Å². The van der Waals surface area contributed by atoms with Crippen molar-refractivity contribution in [2.24, 2.45) is 5.92 Å². The average Bonchev–Trinajstić information content (AvgIpc) is 2.29. The van der Waals surface area contributed by atoms with Crippen LogP contribution in [-0.2, 0) is 9.59 Å². The second-order valence-electron chi connectivity index (χ2n) is 4.15. The Morgan fingerprint density at radius 1 is 1.40 bits per heavy atom. The van der Waals surface area contributed by atoms with Gasteiger partial charge in [-0.05, 0) is 19.4 Å². The maximum atomic E-state index is 12.0. The summed E-state index contributed by atoms with van der Waals surface area (Å²) in [5.74, 6) is 0.167. The van der Waals surface area contributed by atoms with Crippen molar-refractivity contribution in [1.82, 2.24) is 15.5 Å². The number of rotatable bonds is 1. The summed E-state index contributed by atoms with van der Waals surface area (Å²) in [5.41, 5.74) is 0. The van der Waals surface area contributed by atoms with Gasteiger partial charge in [0.15, 0.2) is 0 Å². The molecule has 0 saturated carbocycles. The van der Waals surface area contributed by atoms with Crippen LogP contribution in [0.25, 0.3) is 0 Å². The first kappa shape index (κ1) is 10.4. The van der Waals surface area contributed by atoms with Gasteiger partial charge in [-0.25, -0.2) is 0 Å². The van der Waals surface area contributed by atoms with Crippen LogP contribution in [0.5, 0.6) is 0 Å². The van der Waals surface area contributed by atoms with E-state index < -0.39 is 0 Å². The highest BCUT2D eigenvalue weighted by Gasteiger charge is 2.28. The maximum absolute atomic E-state index is 12.0. The number of carbonyl (C=O) groups excluding carboxylic acids is 2. The van der Waals surface area contributed by atoms with E-state index in [1.54, 1.807) is 4.90 Å². The molecule has 2 amide bonds. The predicted octanol–water partition coefficient (Wildman–Crippen LogP) is -1.06. The topological polar surface area (TPSA) is 61.4 Å². The number of nitrogens with one attached hydrogen (secondary N) is 2. The molecule has 5 heteroatoms. The summed E-state index contributed by atoms with van der Waals surface area (Å²) in [6.45, 7) is 3.24. The number of hydrogen-bond acceptors (Lipinski definition) is 3. The van der Waals surface area contributed by atoms with Crippen LogP contribution in [0.15, 0.2) is 0 Å². The quantitative estimate of drug-likeness (QED) is 0.581. The molecule has 0 unspecified atom stereocenters. The zero-order valence-corrected chi connectivity index (χ0v) is 8.79. The Morgan fingerprint density at radius 3 is 2.93 bits per heavy atom. The first-order valence-electron chi connectivity index (χ1n) is 5.53. The molecular weight excluding hydrogens is 194 g/mol. The van der Waals surface area contributed by atoms with E-state index in [-0.39, 0.29) is 24.3 Å². The van der Waals surface area contributed by atoms with Gasteiger partial charge in [-0.15, -0.1) is 0 Å². The summed E-state index contributed by atoms with van der Waals surface area (Å²) < 4.78 is 0. The maximum Gasteiger partial charge on any atom is 0.239 e. The molecule has 84 valence electrons. The largest absolute Gasteiger partial charge is 0.353 e. The van der Waals surface area contributed by atoms with Crippen LogP contribution in [0.1, 0.15) is 12.8 Å². The van der Waals surface area contributed by atoms with Gasteiger partial charge in [0, 0.05) is 19.6 Å². The van der Waals surface area contributed by atoms with Crippen molar-refractivity contribution in [3.05, 3.63) is 0 Å². The summed E-state index contributed by atoms with van der Waals surface area (Å²) in [4.78, 5) is 24.8. The Bertz CT molecular complexity index is 261. The lowest BCUT2D eigenvalue weighted by Crippen LogP contribution is -2.53. The molecule has 0 bridgehead atoms. The highest BCUT2D eigenvalue weighted by Crippen LogP contribution is 2.13. The van der Waals surface area contributed by atoms with E-state index in [0.29, 0.717) is 13.1 Å². The first-order valence-corrected chi connectivity index (χ1v) is 5.53. The molecule has 2 fully saturated rings. The molecule has 2 N–H and O–H groups in total. The van der Waals surface area contributed by atoms with Gasteiger partial charge >= 0.3 is 0 Å². The lowest BCUT2D eigenvalue weighted by atomic mass is 9.98. The SMILES string of the molecule is O=C1CN(C(=O)[C@H]2CCCNC2)CCN1. The van der Waals surface area contributed by atoms with E-state index in [1.807, 2.05) is 0 Å². The van der Waals surface area contributed by atoms with Gasteiger partial charge in [-0.1, -0.05) is 0 Å². The molecular formula is C10H17N3O2. The van der Waals surface area contributed by atoms with Gasteiger partial charge in [0.25, 0.3) is 0 Å². The van der Waals surface area contributed by atoms with E-state index in [0.717, 1.165) is 25.9 Å². The minimum atomic E-state index is -0.0432. The average molecular weight is 211 g/mol. The normalized spacial score (nSPS) is 27.3. The Hall–Kier alpha value is -1.10. The molecule has 2 aliphatic rings. The minimum absolute atomic E-state index is 0.0432. The number of amides is 2. The molecule has 0 aromatic rings. The van der Waals surface area contributed by atoms with Gasteiger partial charge in [0.05, 0.1) is 12.5 Å². The fraction of sp³-hybridized carbons (Fsp3) is 0.800. The van der Waals surface area contributed by atoms with Gasteiger partial charge in [0.2, 0.25) is 11.8 Å². The first-order chi connectivity index (χ1) is 7.27. The van der Waals surface area contributed by atoms with Gasteiger partial charge < -0.3 is 15.5 Å². The van der Waals surface area contributed by atoms with Crippen molar-refractivity contribution in [2.75, 3.05) is 32.7 Å². The standard InChI is InChI=1S/C10H17N3O2/c14-9-7-13(5-4-12-9)10(15)8-2-1-3-11-6-8/h8,11H,1-7H2,(H,12,14)/t8-/m0/s1.